The molecule has 1 aromatic heterocycles. The van der Waals surface area contributed by atoms with Crippen molar-refractivity contribution in [2.75, 3.05) is 13.2 Å². The Hall–Kier alpha value is -3.67. The van der Waals surface area contributed by atoms with E-state index in [1.54, 1.807) is 18.7 Å². The first kappa shape index (κ1) is 20.6. The Morgan fingerprint density at radius 2 is 1.68 bits per heavy atom. The number of aromatic amines is 1. The molecular weight excluding hydrogens is 392 g/mol. The second-order valence-corrected chi connectivity index (χ2v) is 7.54. The van der Waals surface area contributed by atoms with Crippen molar-refractivity contribution in [1.29, 1.82) is 0 Å². The molecule has 1 aliphatic rings. The van der Waals surface area contributed by atoms with Gasteiger partial charge in [-0.1, -0.05) is 54.6 Å². The lowest BCUT2D eigenvalue weighted by molar-refractivity contribution is -0.127. The second kappa shape index (κ2) is 8.60. The van der Waals surface area contributed by atoms with Crippen LogP contribution in [0.5, 0.6) is 0 Å². The number of hydrogen-bond donors (Lipinski definition) is 1. The van der Waals surface area contributed by atoms with Crippen molar-refractivity contribution in [2.45, 2.75) is 26.8 Å². The summed E-state index contributed by atoms with van der Waals surface area (Å²) in [5.41, 5.74) is 4.24. The van der Waals surface area contributed by atoms with Gasteiger partial charge in [0.15, 0.2) is 0 Å². The maximum absolute atomic E-state index is 13.3. The molecule has 0 radical (unpaired) electrons. The molecule has 1 aliphatic heterocycles. The number of nitrogens with one attached hydrogen (secondary N) is 1. The van der Waals surface area contributed by atoms with Crippen molar-refractivity contribution in [1.82, 2.24) is 9.88 Å². The molecule has 0 aliphatic carbocycles. The molecule has 4 rings (SSSR count). The molecule has 6 heteroatoms. The predicted octanol–water partition coefficient (Wildman–Crippen LogP) is 3.93. The summed E-state index contributed by atoms with van der Waals surface area (Å²) in [6.45, 7) is 4.52. The van der Waals surface area contributed by atoms with Gasteiger partial charge in [0, 0.05) is 24.3 Å². The van der Waals surface area contributed by atoms with Crippen LogP contribution < -0.4 is 0 Å². The lowest BCUT2D eigenvalue weighted by Gasteiger charge is -2.28. The Kier molecular flexibility index (Phi) is 5.71. The summed E-state index contributed by atoms with van der Waals surface area (Å²) in [6, 6.07) is 17.1. The molecule has 0 saturated heterocycles. The summed E-state index contributed by atoms with van der Waals surface area (Å²) >= 11 is 0. The number of Topliss-reactive ketones (excluding diaryl/α,β-unsaturated/α-hetero) is 1. The molecule has 0 bridgehead atoms. The van der Waals surface area contributed by atoms with Crippen molar-refractivity contribution in [3.8, 4) is 11.1 Å². The zero-order valence-electron chi connectivity index (χ0n) is 17.6. The summed E-state index contributed by atoms with van der Waals surface area (Å²) < 4.78 is 5.21. The van der Waals surface area contributed by atoms with E-state index in [-0.39, 0.29) is 17.9 Å². The molecule has 0 fully saturated rings. The second-order valence-electron chi connectivity index (χ2n) is 7.54. The van der Waals surface area contributed by atoms with Gasteiger partial charge in [0.2, 0.25) is 0 Å². The van der Waals surface area contributed by atoms with Gasteiger partial charge in [0.25, 0.3) is 11.7 Å². The molecule has 0 atom stereocenters. The highest BCUT2D eigenvalue weighted by atomic mass is 16.5. The zero-order chi connectivity index (χ0) is 22.0. The smallest absolute Gasteiger partial charge is 0.340 e. The Morgan fingerprint density at radius 1 is 1.00 bits per heavy atom. The van der Waals surface area contributed by atoms with Gasteiger partial charge in [-0.2, -0.15) is 0 Å². The molecule has 2 heterocycles. The van der Waals surface area contributed by atoms with E-state index in [0.717, 1.165) is 5.56 Å². The number of carbonyl (C=O) groups is 3. The largest absolute Gasteiger partial charge is 0.462 e. The lowest BCUT2D eigenvalue weighted by Crippen LogP contribution is -2.40. The highest BCUT2D eigenvalue weighted by Crippen LogP contribution is 2.32. The number of benzene rings is 2. The molecule has 0 unspecified atom stereocenters. The number of rotatable bonds is 5. The molecule has 2 aromatic carbocycles. The standard InChI is InChI=1S/C25H24N2O4/c1-3-31-25(30)20-16(2)26-22(21(20)18-10-5-4-6-11-18)23(28)24(29)27-14-13-17-9-7-8-12-19(17)15-27/h4-12,26H,3,13-15H2,1-2H3. The maximum Gasteiger partial charge on any atom is 0.340 e. The van der Waals surface area contributed by atoms with Crippen LogP contribution in [0.25, 0.3) is 11.1 Å². The first-order valence-corrected chi connectivity index (χ1v) is 10.4. The number of ketones is 1. The number of carbonyl (C=O) groups excluding carboxylic acids is 3. The third-order valence-corrected chi connectivity index (χ3v) is 5.57. The van der Waals surface area contributed by atoms with Gasteiger partial charge in [-0.05, 0) is 37.0 Å². The fraction of sp³-hybridized carbons (Fsp3) is 0.240. The van der Waals surface area contributed by atoms with Gasteiger partial charge in [0.1, 0.15) is 5.69 Å². The van der Waals surface area contributed by atoms with Gasteiger partial charge < -0.3 is 14.6 Å². The monoisotopic (exact) mass is 416 g/mol. The molecule has 1 amide bonds. The van der Waals surface area contributed by atoms with E-state index in [4.69, 9.17) is 4.74 Å². The summed E-state index contributed by atoms with van der Waals surface area (Å²) in [7, 11) is 0. The molecule has 0 saturated carbocycles. The quantitative estimate of drug-likeness (QED) is 0.388. The minimum atomic E-state index is -0.656. The van der Waals surface area contributed by atoms with Crippen molar-refractivity contribution in [3.05, 3.63) is 82.7 Å². The van der Waals surface area contributed by atoms with E-state index < -0.39 is 17.7 Å². The Morgan fingerprint density at radius 3 is 2.39 bits per heavy atom. The van der Waals surface area contributed by atoms with Gasteiger partial charge in [0.05, 0.1) is 12.2 Å². The Bertz CT molecular complexity index is 1150. The van der Waals surface area contributed by atoms with Crippen molar-refractivity contribution in [3.63, 3.8) is 0 Å². The Balaban J connectivity index is 1.72. The summed E-state index contributed by atoms with van der Waals surface area (Å²) in [4.78, 5) is 43.7. The molecule has 31 heavy (non-hydrogen) atoms. The summed E-state index contributed by atoms with van der Waals surface area (Å²) in [5, 5.41) is 0. The fourth-order valence-electron chi connectivity index (χ4n) is 4.07. The number of esters is 1. The molecule has 1 N–H and O–H groups in total. The highest BCUT2D eigenvalue weighted by molar-refractivity contribution is 6.43. The number of ether oxygens (including phenoxy) is 1. The Labute approximate surface area is 180 Å². The average molecular weight is 416 g/mol. The number of aryl methyl sites for hydroxylation is 1. The first-order valence-electron chi connectivity index (χ1n) is 10.4. The number of amides is 1. The topological polar surface area (TPSA) is 79.5 Å². The number of hydrogen-bond acceptors (Lipinski definition) is 4. The number of nitrogens with zero attached hydrogens (tertiary/aromatic N) is 1. The fourth-order valence-corrected chi connectivity index (χ4v) is 4.07. The molecule has 158 valence electrons. The molecule has 6 nitrogen and oxygen atoms in total. The summed E-state index contributed by atoms with van der Waals surface area (Å²) in [5.74, 6) is -1.76. The maximum atomic E-state index is 13.3. The summed E-state index contributed by atoms with van der Waals surface area (Å²) in [6.07, 6.45) is 0.707. The van der Waals surface area contributed by atoms with E-state index in [2.05, 4.69) is 4.98 Å². The van der Waals surface area contributed by atoms with Crippen LogP contribution in [0.1, 0.15) is 44.6 Å². The predicted molar refractivity (Wildman–Crippen MR) is 117 cm³/mol. The van der Waals surface area contributed by atoms with Gasteiger partial charge in [-0.15, -0.1) is 0 Å². The van der Waals surface area contributed by atoms with Gasteiger partial charge >= 0.3 is 5.97 Å². The lowest BCUT2D eigenvalue weighted by atomic mass is 9.97. The van der Waals surface area contributed by atoms with Crippen molar-refractivity contribution >= 4 is 17.7 Å². The van der Waals surface area contributed by atoms with Crippen LogP contribution in [-0.2, 0) is 22.5 Å². The van der Waals surface area contributed by atoms with Crippen LogP contribution in [0, 0.1) is 6.92 Å². The molecule has 3 aromatic rings. The highest BCUT2D eigenvalue weighted by Gasteiger charge is 2.33. The number of H-pyrrole nitrogens is 1. The normalized spacial score (nSPS) is 12.9. The molecule has 0 spiro atoms. The van der Waals surface area contributed by atoms with E-state index in [0.29, 0.717) is 36.3 Å². The minimum Gasteiger partial charge on any atom is -0.462 e. The van der Waals surface area contributed by atoms with Crippen LogP contribution in [-0.4, -0.2) is 40.7 Å². The van der Waals surface area contributed by atoms with E-state index >= 15 is 0 Å². The van der Waals surface area contributed by atoms with Crippen LogP contribution >= 0.6 is 0 Å². The van der Waals surface area contributed by atoms with Crippen molar-refractivity contribution in [2.24, 2.45) is 0 Å². The van der Waals surface area contributed by atoms with E-state index in [1.807, 2.05) is 54.6 Å². The SMILES string of the molecule is CCOC(=O)c1c(C)[nH]c(C(=O)C(=O)N2CCc3ccccc3C2)c1-c1ccccc1. The van der Waals surface area contributed by atoms with Crippen LogP contribution in [0.4, 0.5) is 0 Å². The number of aromatic nitrogens is 1. The van der Waals surface area contributed by atoms with Gasteiger partial charge in [-0.25, -0.2) is 4.79 Å². The zero-order valence-corrected chi connectivity index (χ0v) is 17.6. The average Bonchev–Trinajstić information content (AvgIpc) is 3.15. The van der Waals surface area contributed by atoms with Crippen LogP contribution in [0.15, 0.2) is 54.6 Å². The minimum absolute atomic E-state index is 0.121. The third kappa shape index (κ3) is 3.89. The molecular formula is C25H24N2O4. The van der Waals surface area contributed by atoms with Crippen molar-refractivity contribution < 1.29 is 19.1 Å². The van der Waals surface area contributed by atoms with Crippen LogP contribution in [0.2, 0.25) is 0 Å². The third-order valence-electron chi connectivity index (χ3n) is 5.57. The van der Waals surface area contributed by atoms with Crippen LogP contribution in [0.3, 0.4) is 0 Å². The van der Waals surface area contributed by atoms with Gasteiger partial charge in [-0.3, -0.25) is 9.59 Å². The number of fused-ring (bicyclic) bond motifs is 1. The van der Waals surface area contributed by atoms with E-state index in [9.17, 15) is 14.4 Å². The van der Waals surface area contributed by atoms with E-state index in [1.165, 1.54) is 5.56 Å². The first-order chi connectivity index (χ1) is 15.0.